The van der Waals surface area contributed by atoms with Crippen LogP contribution in [0, 0.1) is 5.92 Å². The van der Waals surface area contributed by atoms with Crippen molar-refractivity contribution < 1.29 is 9.59 Å². The second-order valence-corrected chi connectivity index (χ2v) is 9.96. The summed E-state index contributed by atoms with van der Waals surface area (Å²) in [4.78, 5) is 30.4. The fourth-order valence-electron chi connectivity index (χ4n) is 5.36. The third kappa shape index (κ3) is 8.18. The third-order valence-corrected chi connectivity index (χ3v) is 7.44. The van der Waals surface area contributed by atoms with E-state index in [9.17, 15) is 9.59 Å². The molecular formula is C29H40N4O2. The molecule has 2 heterocycles. The van der Waals surface area contributed by atoms with Crippen LogP contribution in [0.1, 0.15) is 49.7 Å². The van der Waals surface area contributed by atoms with Gasteiger partial charge < -0.3 is 10.6 Å². The molecule has 2 aromatic rings. The first-order chi connectivity index (χ1) is 17.2. The molecule has 35 heavy (non-hydrogen) atoms. The second kappa shape index (κ2) is 13.4. The van der Waals surface area contributed by atoms with Gasteiger partial charge in [0.05, 0.1) is 0 Å². The van der Waals surface area contributed by atoms with Crippen LogP contribution in [0.3, 0.4) is 0 Å². The van der Waals surface area contributed by atoms with E-state index in [0.29, 0.717) is 32.0 Å². The Hall–Kier alpha value is -2.70. The summed E-state index contributed by atoms with van der Waals surface area (Å²) in [6, 6.07) is 21.2. The summed E-state index contributed by atoms with van der Waals surface area (Å²) in [5, 5.41) is 6.15. The average molecular weight is 477 g/mol. The molecule has 6 nitrogen and oxygen atoms in total. The molecule has 1 unspecified atom stereocenters. The van der Waals surface area contributed by atoms with Gasteiger partial charge in [-0.15, -0.1) is 0 Å². The van der Waals surface area contributed by atoms with Gasteiger partial charge in [0.25, 0.3) is 0 Å². The van der Waals surface area contributed by atoms with E-state index in [2.05, 4.69) is 50.8 Å². The van der Waals surface area contributed by atoms with Crippen molar-refractivity contribution >= 4 is 11.8 Å². The van der Waals surface area contributed by atoms with Gasteiger partial charge in [0, 0.05) is 44.6 Å². The zero-order chi connectivity index (χ0) is 24.3. The first-order valence-corrected chi connectivity index (χ1v) is 13.3. The SMILES string of the molecule is O=C1CCN(C2CCN(Cc3ccccc3)CC2)CCCC(C(=O)NCc2ccccc2)CCN1. The highest BCUT2D eigenvalue weighted by molar-refractivity contribution is 5.79. The van der Waals surface area contributed by atoms with Crippen LogP contribution in [0.25, 0.3) is 0 Å². The number of benzene rings is 2. The van der Waals surface area contributed by atoms with E-state index in [1.807, 2.05) is 30.3 Å². The molecule has 0 bridgehead atoms. The maximum Gasteiger partial charge on any atom is 0.223 e. The molecule has 2 aromatic carbocycles. The second-order valence-electron chi connectivity index (χ2n) is 9.96. The lowest BCUT2D eigenvalue weighted by atomic mass is 9.97. The van der Waals surface area contributed by atoms with E-state index in [0.717, 1.165) is 64.0 Å². The zero-order valence-electron chi connectivity index (χ0n) is 20.8. The van der Waals surface area contributed by atoms with Crippen molar-refractivity contribution in [1.82, 2.24) is 20.4 Å². The first-order valence-electron chi connectivity index (χ1n) is 13.3. The molecule has 0 aromatic heterocycles. The lowest BCUT2D eigenvalue weighted by molar-refractivity contribution is -0.126. The van der Waals surface area contributed by atoms with E-state index in [1.54, 1.807) is 0 Å². The standard InChI is InChI=1S/C29H40N4O2/c34-28-16-21-33(27-14-19-32(20-15-27)23-25-10-5-2-6-11-25)18-7-12-26(13-17-30-28)29(35)31-22-24-8-3-1-4-9-24/h1-6,8-11,26-27H,7,12-23H2,(H,30,34)(H,31,35). The molecule has 6 heteroatoms. The van der Waals surface area contributed by atoms with Gasteiger partial charge in [-0.25, -0.2) is 0 Å². The molecule has 2 fully saturated rings. The minimum atomic E-state index is -0.0633. The Balaban J connectivity index is 1.28. The highest BCUT2D eigenvalue weighted by atomic mass is 16.2. The molecule has 1 atom stereocenters. The van der Waals surface area contributed by atoms with Gasteiger partial charge in [0.2, 0.25) is 11.8 Å². The first kappa shape index (κ1) is 25.4. The van der Waals surface area contributed by atoms with Crippen molar-refractivity contribution in [2.24, 2.45) is 5.92 Å². The number of nitrogens with one attached hydrogen (secondary N) is 2. The van der Waals surface area contributed by atoms with Gasteiger partial charge in [0.1, 0.15) is 0 Å². The van der Waals surface area contributed by atoms with E-state index in [1.165, 1.54) is 5.56 Å². The fourth-order valence-corrected chi connectivity index (χ4v) is 5.36. The van der Waals surface area contributed by atoms with Crippen LogP contribution in [0.15, 0.2) is 60.7 Å². The molecule has 2 aliphatic heterocycles. The molecular weight excluding hydrogens is 436 g/mol. The van der Waals surface area contributed by atoms with Crippen LogP contribution in [0.5, 0.6) is 0 Å². The lowest BCUT2D eigenvalue weighted by Gasteiger charge is -2.38. The van der Waals surface area contributed by atoms with Gasteiger partial charge in [-0.3, -0.25) is 19.4 Å². The fraction of sp³-hybridized carbons (Fsp3) is 0.517. The van der Waals surface area contributed by atoms with Crippen LogP contribution in [-0.2, 0) is 22.7 Å². The molecule has 0 saturated carbocycles. The van der Waals surface area contributed by atoms with Crippen LogP contribution >= 0.6 is 0 Å². The Morgan fingerprint density at radius 1 is 0.857 bits per heavy atom. The Kier molecular flexibility index (Phi) is 9.73. The number of carbonyl (C=O) groups is 2. The maximum atomic E-state index is 12.9. The number of piperidine rings is 1. The monoisotopic (exact) mass is 476 g/mol. The number of hydrogen-bond acceptors (Lipinski definition) is 4. The summed E-state index contributed by atoms with van der Waals surface area (Å²) < 4.78 is 0. The summed E-state index contributed by atoms with van der Waals surface area (Å²) in [6.07, 6.45) is 5.35. The minimum Gasteiger partial charge on any atom is -0.356 e. The normalized spacial score (nSPS) is 21.6. The Morgan fingerprint density at radius 2 is 1.54 bits per heavy atom. The van der Waals surface area contributed by atoms with Gasteiger partial charge in [0.15, 0.2) is 0 Å². The van der Waals surface area contributed by atoms with E-state index < -0.39 is 0 Å². The number of hydrogen-bond donors (Lipinski definition) is 2. The average Bonchev–Trinajstić information content (AvgIpc) is 2.94. The number of rotatable bonds is 6. The van der Waals surface area contributed by atoms with E-state index >= 15 is 0 Å². The molecule has 2 amide bonds. The van der Waals surface area contributed by atoms with Gasteiger partial charge in [-0.05, 0) is 62.9 Å². The highest BCUT2D eigenvalue weighted by Crippen LogP contribution is 2.21. The Labute approximate surface area is 210 Å². The quantitative estimate of drug-likeness (QED) is 0.669. The van der Waals surface area contributed by atoms with Crippen LogP contribution in [-0.4, -0.2) is 60.4 Å². The van der Waals surface area contributed by atoms with E-state index in [-0.39, 0.29) is 17.7 Å². The van der Waals surface area contributed by atoms with Crippen molar-refractivity contribution in [3.05, 3.63) is 71.8 Å². The summed E-state index contributed by atoms with van der Waals surface area (Å²) in [7, 11) is 0. The van der Waals surface area contributed by atoms with Gasteiger partial charge >= 0.3 is 0 Å². The third-order valence-electron chi connectivity index (χ3n) is 7.44. The van der Waals surface area contributed by atoms with E-state index in [4.69, 9.17) is 0 Å². The predicted molar refractivity (Wildman–Crippen MR) is 140 cm³/mol. The topological polar surface area (TPSA) is 64.7 Å². The lowest BCUT2D eigenvalue weighted by Crippen LogP contribution is -2.46. The number of amides is 2. The molecule has 2 N–H and O–H groups in total. The number of likely N-dealkylation sites (tertiary alicyclic amines) is 1. The molecule has 2 saturated heterocycles. The van der Waals surface area contributed by atoms with Crippen molar-refractivity contribution in [3.8, 4) is 0 Å². The van der Waals surface area contributed by atoms with Crippen LogP contribution in [0.4, 0.5) is 0 Å². The highest BCUT2D eigenvalue weighted by Gasteiger charge is 2.26. The Morgan fingerprint density at radius 3 is 2.26 bits per heavy atom. The van der Waals surface area contributed by atoms with Crippen molar-refractivity contribution in [2.45, 2.75) is 57.7 Å². The van der Waals surface area contributed by atoms with Crippen LogP contribution < -0.4 is 10.6 Å². The summed E-state index contributed by atoms with van der Waals surface area (Å²) in [6.45, 7) is 6.07. The molecule has 0 aliphatic carbocycles. The summed E-state index contributed by atoms with van der Waals surface area (Å²) in [5.74, 6) is 0.136. The molecule has 188 valence electrons. The van der Waals surface area contributed by atoms with Gasteiger partial charge in [-0.1, -0.05) is 60.7 Å². The predicted octanol–water partition coefficient (Wildman–Crippen LogP) is 3.58. The zero-order valence-corrected chi connectivity index (χ0v) is 20.8. The minimum absolute atomic E-state index is 0.0633. The molecule has 4 rings (SSSR count). The summed E-state index contributed by atoms with van der Waals surface area (Å²) >= 11 is 0. The maximum absolute atomic E-state index is 12.9. The van der Waals surface area contributed by atoms with Crippen molar-refractivity contribution in [1.29, 1.82) is 0 Å². The largest absolute Gasteiger partial charge is 0.356 e. The van der Waals surface area contributed by atoms with Crippen molar-refractivity contribution in [3.63, 3.8) is 0 Å². The summed E-state index contributed by atoms with van der Waals surface area (Å²) in [5.41, 5.74) is 2.48. The Bertz CT molecular complexity index is 913. The molecule has 0 radical (unpaired) electrons. The van der Waals surface area contributed by atoms with Gasteiger partial charge in [-0.2, -0.15) is 0 Å². The number of carbonyl (C=O) groups excluding carboxylic acids is 2. The van der Waals surface area contributed by atoms with Crippen molar-refractivity contribution in [2.75, 3.05) is 32.7 Å². The molecule has 2 aliphatic rings. The molecule has 0 spiro atoms. The smallest absolute Gasteiger partial charge is 0.223 e. The van der Waals surface area contributed by atoms with Crippen LogP contribution in [0.2, 0.25) is 0 Å². The number of nitrogens with zero attached hydrogens (tertiary/aromatic N) is 2.